The normalized spacial score (nSPS) is 27.5. The summed E-state index contributed by atoms with van der Waals surface area (Å²) in [6.45, 7) is 5.77. The van der Waals surface area contributed by atoms with Gasteiger partial charge in [0.15, 0.2) is 6.29 Å². The van der Waals surface area contributed by atoms with Crippen molar-refractivity contribution in [3.8, 4) is 0 Å². The molecule has 0 amide bonds. The maximum Gasteiger partial charge on any atom is 0.183 e. The molecule has 2 bridgehead atoms. The summed E-state index contributed by atoms with van der Waals surface area (Å²) in [4.78, 5) is 4.34. The van der Waals surface area contributed by atoms with Gasteiger partial charge in [0.2, 0.25) is 0 Å². The number of hydrogen-bond donors (Lipinski definition) is 0. The fraction of sp³-hybridized carbons (Fsp3) is 0.345. The standard InChI is InChI=1S/C29H31NO5/c1-30-25-26(32-18-23-13-7-3-8-14-23)27(33-19-24-15-9-4-10-16-24)29(21-34-28(25)35-29)20-31-17-22-11-5-2-6-12-22/h2-16,25-28H,1,17-21H2/t25-,26-,27-,28+,29+/m1/s1. The zero-order valence-corrected chi connectivity index (χ0v) is 19.7. The summed E-state index contributed by atoms with van der Waals surface area (Å²) in [6.07, 6.45) is -1.42. The molecule has 3 aromatic rings. The molecule has 2 aliphatic heterocycles. The van der Waals surface area contributed by atoms with Crippen LogP contribution in [0.1, 0.15) is 16.7 Å². The van der Waals surface area contributed by atoms with Gasteiger partial charge in [-0.05, 0) is 23.4 Å². The van der Waals surface area contributed by atoms with Crippen LogP contribution < -0.4 is 0 Å². The van der Waals surface area contributed by atoms with Gasteiger partial charge in [0, 0.05) is 0 Å². The smallest absolute Gasteiger partial charge is 0.183 e. The van der Waals surface area contributed by atoms with Crippen molar-refractivity contribution in [1.29, 1.82) is 0 Å². The molecule has 35 heavy (non-hydrogen) atoms. The quantitative estimate of drug-likeness (QED) is 0.382. The average molecular weight is 474 g/mol. The van der Waals surface area contributed by atoms with Crippen LogP contribution in [0.2, 0.25) is 0 Å². The number of benzene rings is 3. The van der Waals surface area contributed by atoms with E-state index in [1.165, 1.54) is 0 Å². The van der Waals surface area contributed by atoms with Crippen molar-refractivity contribution in [2.75, 3.05) is 13.2 Å². The molecule has 5 rings (SSSR count). The minimum absolute atomic E-state index is 0.312. The van der Waals surface area contributed by atoms with Crippen molar-refractivity contribution < 1.29 is 23.7 Å². The molecular formula is C29H31NO5. The SMILES string of the molecule is C=N[C@H]1[C@H]2OC[C@](COCc3ccccc3)(O2)[C@H](OCc2ccccc2)[C@@H]1OCc1ccccc1. The van der Waals surface area contributed by atoms with Crippen molar-refractivity contribution in [1.82, 2.24) is 0 Å². The fourth-order valence-corrected chi connectivity index (χ4v) is 4.70. The van der Waals surface area contributed by atoms with Crippen LogP contribution in [-0.4, -0.2) is 50.1 Å². The van der Waals surface area contributed by atoms with Crippen molar-refractivity contribution in [2.24, 2.45) is 4.99 Å². The molecule has 0 radical (unpaired) electrons. The second-order valence-corrected chi connectivity index (χ2v) is 8.99. The lowest BCUT2D eigenvalue weighted by Gasteiger charge is -2.45. The summed E-state index contributed by atoms with van der Waals surface area (Å²) >= 11 is 0. The summed E-state index contributed by atoms with van der Waals surface area (Å²) < 4.78 is 31.6. The van der Waals surface area contributed by atoms with E-state index in [1.807, 2.05) is 91.0 Å². The minimum atomic E-state index is -0.809. The summed E-state index contributed by atoms with van der Waals surface area (Å²) in [5.74, 6) is 0. The van der Waals surface area contributed by atoms with E-state index in [-0.39, 0.29) is 0 Å². The van der Waals surface area contributed by atoms with Gasteiger partial charge >= 0.3 is 0 Å². The Bertz CT molecular complexity index is 1060. The molecule has 5 atom stereocenters. The highest BCUT2D eigenvalue weighted by Crippen LogP contribution is 2.42. The van der Waals surface area contributed by atoms with E-state index in [0.717, 1.165) is 16.7 Å². The third-order valence-corrected chi connectivity index (χ3v) is 6.50. The monoisotopic (exact) mass is 473 g/mol. The first-order valence-electron chi connectivity index (χ1n) is 12.0. The lowest BCUT2D eigenvalue weighted by atomic mass is 9.88. The van der Waals surface area contributed by atoms with Gasteiger partial charge in [-0.25, -0.2) is 0 Å². The lowest BCUT2D eigenvalue weighted by molar-refractivity contribution is -0.259. The predicted molar refractivity (Wildman–Crippen MR) is 133 cm³/mol. The zero-order chi connectivity index (χ0) is 23.9. The van der Waals surface area contributed by atoms with Gasteiger partial charge < -0.3 is 23.7 Å². The highest BCUT2D eigenvalue weighted by Gasteiger charge is 2.61. The Morgan fingerprint density at radius 2 is 1.31 bits per heavy atom. The number of hydrogen-bond acceptors (Lipinski definition) is 6. The summed E-state index contributed by atoms with van der Waals surface area (Å²) in [5, 5.41) is 0. The van der Waals surface area contributed by atoms with Crippen LogP contribution in [0.15, 0.2) is 96.0 Å². The largest absolute Gasteiger partial charge is 0.374 e. The summed E-state index contributed by atoms with van der Waals surface area (Å²) in [5.41, 5.74) is 2.43. The molecule has 6 heteroatoms. The van der Waals surface area contributed by atoms with E-state index in [4.69, 9.17) is 23.7 Å². The second-order valence-electron chi connectivity index (χ2n) is 8.99. The number of aliphatic imine (C=N–C) groups is 1. The van der Waals surface area contributed by atoms with E-state index in [9.17, 15) is 0 Å². The molecule has 182 valence electrons. The van der Waals surface area contributed by atoms with Gasteiger partial charge in [-0.1, -0.05) is 91.0 Å². The predicted octanol–water partition coefficient (Wildman–Crippen LogP) is 4.57. The molecule has 2 saturated heterocycles. The molecule has 0 aromatic heterocycles. The van der Waals surface area contributed by atoms with Gasteiger partial charge in [-0.15, -0.1) is 0 Å². The molecule has 0 unspecified atom stereocenters. The molecular weight excluding hydrogens is 442 g/mol. The first-order chi connectivity index (χ1) is 17.3. The molecule has 2 aliphatic rings. The third kappa shape index (κ3) is 5.53. The third-order valence-electron chi connectivity index (χ3n) is 6.50. The average Bonchev–Trinajstić information content (AvgIpc) is 3.29. The Kier molecular flexibility index (Phi) is 7.66. The Morgan fingerprint density at radius 3 is 1.89 bits per heavy atom. The number of rotatable bonds is 11. The Hall–Kier alpha value is -2.87. The Balaban J connectivity index is 1.37. The Morgan fingerprint density at radius 1 is 0.771 bits per heavy atom. The van der Waals surface area contributed by atoms with Crippen molar-refractivity contribution >= 4 is 6.72 Å². The molecule has 6 nitrogen and oxygen atoms in total. The maximum atomic E-state index is 6.54. The Labute approximate surface area is 206 Å². The summed E-state index contributed by atoms with van der Waals surface area (Å²) in [7, 11) is 0. The molecule has 0 N–H and O–H groups in total. The van der Waals surface area contributed by atoms with E-state index >= 15 is 0 Å². The molecule has 0 spiro atoms. The number of ether oxygens (including phenoxy) is 5. The first-order valence-corrected chi connectivity index (χ1v) is 12.0. The van der Waals surface area contributed by atoms with Crippen LogP contribution in [-0.2, 0) is 43.5 Å². The molecule has 0 aliphatic carbocycles. The number of nitrogens with zero attached hydrogens (tertiary/aromatic N) is 1. The van der Waals surface area contributed by atoms with Crippen LogP contribution in [0, 0.1) is 0 Å². The van der Waals surface area contributed by atoms with Gasteiger partial charge in [-0.3, -0.25) is 4.99 Å². The van der Waals surface area contributed by atoms with Crippen molar-refractivity contribution in [3.63, 3.8) is 0 Å². The van der Waals surface area contributed by atoms with Crippen molar-refractivity contribution in [3.05, 3.63) is 108 Å². The van der Waals surface area contributed by atoms with E-state index in [2.05, 4.69) is 11.7 Å². The molecule has 3 aromatic carbocycles. The topological polar surface area (TPSA) is 58.5 Å². The second kappa shape index (κ2) is 11.2. The van der Waals surface area contributed by atoms with Crippen LogP contribution in [0.3, 0.4) is 0 Å². The summed E-state index contributed by atoms with van der Waals surface area (Å²) in [6, 6.07) is 29.8. The lowest BCUT2D eigenvalue weighted by Crippen LogP contribution is -2.63. The highest BCUT2D eigenvalue weighted by molar-refractivity contribution is 5.26. The van der Waals surface area contributed by atoms with Gasteiger partial charge in [0.05, 0.1) is 33.0 Å². The zero-order valence-electron chi connectivity index (χ0n) is 19.7. The van der Waals surface area contributed by atoms with Crippen LogP contribution >= 0.6 is 0 Å². The van der Waals surface area contributed by atoms with Crippen molar-refractivity contribution in [2.45, 2.75) is 50.0 Å². The van der Waals surface area contributed by atoms with Crippen LogP contribution in [0.5, 0.6) is 0 Å². The molecule has 2 fully saturated rings. The maximum absolute atomic E-state index is 6.54. The van der Waals surface area contributed by atoms with E-state index < -0.39 is 30.1 Å². The van der Waals surface area contributed by atoms with Gasteiger partial charge in [0.1, 0.15) is 23.9 Å². The molecule has 2 heterocycles. The molecule has 0 saturated carbocycles. The highest BCUT2D eigenvalue weighted by atomic mass is 16.8. The van der Waals surface area contributed by atoms with Crippen LogP contribution in [0.25, 0.3) is 0 Å². The fourth-order valence-electron chi connectivity index (χ4n) is 4.70. The van der Waals surface area contributed by atoms with Gasteiger partial charge in [-0.2, -0.15) is 0 Å². The van der Waals surface area contributed by atoms with E-state index in [0.29, 0.717) is 33.0 Å². The minimum Gasteiger partial charge on any atom is -0.374 e. The van der Waals surface area contributed by atoms with E-state index in [1.54, 1.807) is 0 Å². The van der Waals surface area contributed by atoms with Crippen LogP contribution in [0.4, 0.5) is 0 Å². The first kappa shape index (κ1) is 23.9. The van der Waals surface area contributed by atoms with Gasteiger partial charge in [0.25, 0.3) is 0 Å². The number of fused-ring (bicyclic) bond motifs is 2.